The average molecular weight is 647 g/mol. The van der Waals surface area contributed by atoms with Gasteiger partial charge in [0.05, 0.1) is 0 Å². The summed E-state index contributed by atoms with van der Waals surface area (Å²) in [7, 11) is 0. The molecule has 0 radical (unpaired) electrons. The number of rotatable bonds is 3. The highest BCUT2D eigenvalue weighted by Crippen LogP contribution is 2.48. The first-order valence-corrected chi connectivity index (χ1v) is 17.6. The van der Waals surface area contributed by atoms with Crippen LogP contribution in [-0.4, -0.2) is 0 Å². The summed E-state index contributed by atoms with van der Waals surface area (Å²) in [5.74, 6) is 0. The second-order valence-corrected chi connectivity index (χ2v) is 13.5. The minimum absolute atomic E-state index is 0.932. The molecule has 0 amide bonds. The van der Waals surface area contributed by atoms with Crippen LogP contribution in [0.2, 0.25) is 0 Å². The third kappa shape index (κ3) is 4.09. The van der Waals surface area contributed by atoms with Crippen LogP contribution in [0.3, 0.4) is 0 Å². The molecule has 0 saturated carbocycles. The first-order chi connectivity index (χ1) is 25.3. The lowest BCUT2D eigenvalue weighted by atomic mass is 9.83. The molecule has 0 fully saturated rings. The maximum Gasteiger partial charge on any atom is 0.143 e. The van der Waals surface area contributed by atoms with Crippen molar-refractivity contribution in [2.45, 2.75) is 0 Å². The molecule has 11 aromatic rings. The molecule has 0 saturated heterocycles. The van der Waals surface area contributed by atoms with E-state index >= 15 is 0 Å². The molecular weight excluding hydrogens is 617 g/mol. The number of fused-ring (bicyclic) bond motifs is 10. The van der Waals surface area contributed by atoms with Crippen molar-refractivity contribution in [2.75, 3.05) is 0 Å². The van der Waals surface area contributed by atoms with Crippen molar-refractivity contribution in [2.24, 2.45) is 0 Å². The van der Waals surface area contributed by atoms with E-state index in [1.807, 2.05) is 0 Å². The lowest BCUT2D eigenvalue weighted by Crippen LogP contribution is -1.92. The van der Waals surface area contributed by atoms with E-state index in [0.29, 0.717) is 0 Å². The average Bonchev–Trinajstić information content (AvgIpc) is 3.60. The first kappa shape index (κ1) is 28.2. The van der Waals surface area contributed by atoms with Gasteiger partial charge in [0.25, 0.3) is 0 Å². The maximum absolute atomic E-state index is 6.99. The molecule has 11 rings (SSSR count). The van der Waals surface area contributed by atoms with Crippen molar-refractivity contribution < 1.29 is 4.42 Å². The predicted molar refractivity (Wildman–Crippen MR) is 218 cm³/mol. The Labute approximate surface area is 294 Å². The van der Waals surface area contributed by atoms with Gasteiger partial charge in [-0.05, 0) is 88.4 Å². The van der Waals surface area contributed by atoms with Crippen LogP contribution in [0, 0.1) is 0 Å². The molecule has 0 spiro atoms. The highest BCUT2D eigenvalue weighted by Gasteiger charge is 2.22. The van der Waals surface area contributed by atoms with Crippen LogP contribution in [0.25, 0.3) is 109 Å². The minimum atomic E-state index is 0.932. The number of benzene rings is 10. The van der Waals surface area contributed by atoms with Gasteiger partial charge in [0, 0.05) is 21.7 Å². The molecule has 0 bridgehead atoms. The predicted octanol–water partition coefficient (Wildman–Crippen LogP) is 14.4. The minimum Gasteiger partial charge on any atom is -0.455 e. The summed E-state index contributed by atoms with van der Waals surface area (Å²) in [5.41, 5.74) is 9.16. The topological polar surface area (TPSA) is 13.1 Å². The molecular formula is C50H30O. The van der Waals surface area contributed by atoms with Gasteiger partial charge in [-0.1, -0.05) is 170 Å². The van der Waals surface area contributed by atoms with Crippen LogP contribution < -0.4 is 0 Å². The van der Waals surface area contributed by atoms with Crippen molar-refractivity contribution in [3.63, 3.8) is 0 Å². The fourth-order valence-corrected chi connectivity index (χ4v) is 8.64. The molecule has 0 atom stereocenters. The van der Waals surface area contributed by atoms with E-state index in [2.05, 4.69) is 182 Å². The maximum atomic E-state index is 6.99. The third-order valence-electron chi connectivity index (χ3n) is 10.8. The lowest BCUT2D eigenvalue weighted by Gasteiger charge is -2.19. The van der Waals surface area contributed by atoms with Crippen LogP contribution in [0.1, 0.15) is 0 Å². The zero-order chi connectivity index (χ0) is 33.5. The largest absolute Gasteiger partial charge is 0.455 e. The molecule has 10 aromatic carbocycles. The molecule has 236 valence electrons. The monoisotopic (exact) mass is 646 g/mol. The SMILES string of the molecule is c1ccc(-c2c3ccccc3c(-c3ccc(-c4cc5ccccc5c5c4oc4c6ccccc6ccc45)c4ccccc34)c3ccccc23)cc1. The number of hydrogen-bond acceptors (Lipinski definition) is 1. The van der Waals surface area contributed by atoms with Crippen LogP contribution in [0.4, 0.5) is 0 Å². The van der Waals surface area contributed by atoms with Crippen molar-refractivity contribution in [1.29, 1.82) is 0 Å². The van der Waals surface area contributed by atoms with Gasteiger partial charge >= 0.3 is 0 Å². The zero-order valence-electron chi connectivity index (χ0n) is 27.7. The van der Waals surface area contributed by atoms with E-state index in [4.69, 9.17) is 4.42 Å². The Morgan fingerprint density at radius 2 is 0.784 bits per heavy atom. The summed E-state index contributed by atoms with van der Waals surface area (Å²) in [6.45, 7) is 0. The fraction of sp³-hybridized carbons (Fsp3) is 0. The van der Waals surface area contributed by atoms with Crippen LogP contribution in [0.15, 0.2) is 186 Å². The van der Waals surface area contributed by atoms with E-state index in [1.165, 1.54) is 81.7 Å². The van der Waals surface area contributed by atoms with E-state index in [1.54, 1.807) is 0 Å². The summed E-state index contributed by atoms with van der Waals surface area (Å²) >= 11 is 0. The molecule has 1 aromatic heterocycles. The smallest absolute Gasteiger partial charge is 0.143 e. The Hall–Kier alpha value is -6.70. The molecule has 1 heterocycles. The first-order valence-electron chi connectivity index (χ1n) is 17.6. The molecule has 1 nitrogen and oxygen atoms in total. The summed E-state index contributed by atoms with van der Waals surface area (Å²) in [4.78, 5) is 0. The Kier molecular flexibility index (Phi) is 6.02. The molecule has 51 heavy (non-hydrogen) atoms. The van der Waals surface area contributed by atoms with Gasteiger partial charge in [-0.25, -0.2) is 0 Å². The van der Waals surface area contributed by atoms with Crippen LogP contribution in [-0.2, 0) is 0 Å². The Bertz CT molecular complexity index is 3130. The second-order valence-electron chi connectivity index (χ2n) is 13.5. The van der Waals surface area contributed by atoms with Gasteiger partial charge in [0.2, 0.25) is 0 Å². The lowest BCUT2D eigenvalue weighted by molar-refractivity contribution is 0.674. The fourth-order valence-electron chi connectivity index (χ4n) is 8.64. The third-order valence-corrected chi connectivity index (χ3v) is 10.8. The summed E-state index contributed by atoms with van der Waals surface area (Å²) in [6, 6.07) is 66.2. The van der Waals surface area contributed by atoms with E-state index in [9.17, 15) is 0 Å². The molecule has 0 unspecified atom stereocenters. The van der Waals surface area contributed by atoms with E-state index in [0.717, 1.165) is 27.5 Å². The number of hydrogen-bond donors (Lipinski definition) is 0. The molecule has 0 aliphatic heterocycles. The van der Waals surface area contributed by atoms with Gasteiger partial charge in [0.15, 0.2) is 0 Å². The van der Waals surface area contributed by atoms with E-state index in [-0.39, 0.29) is 0 Å². The van der Waals surface area contributed by atoms with Crippen molar-refractivity contribution >= 4 is 75.8 Å². The number of furan rings is 1. The van der Waals surface area contributed by atoms with Crippen molar-refractivity contribution in [3.05, 3.63) is 182 Å². The molecule has 0 N–H and O–H groups in total. The Balaban J connectivity index is 1.24. The normalized spacial score (nSPS) is 11.9. The summed E-state index contributed by atoms with van der Waals surface area (Å²) < 4.78 is 6.99. The van der Waals surface area contributed by atoms with Gasteiger partial charge in [0.1, 0.15) is 11.2 Å². The summed E-state index contributed by atoms with van der Waals surface area (Å²) in [5, 5.41) is 14.5. The Morgan fingerprint density at radius 1 is 0.275 bits per heavy atom. The zero-order valence-corrected chi connectivity index (χ0v) is 27.7. The molecule has 1 heteroatoms. The van der Waals surface area contributed by atoms with Gasteiger partial charge in [-0.3, -0.25) is 0 Å². The van der Waals surface area contributed by atoms with Crippen molar-refractivity contribution in [1.82, 2.24) is 0 Å². The van der Waals surface area contributed by atoms with Gasteiger partial charge in [-0.15, -0.1) is 0 Å². The summed E-state index contributed by atoms with van der Waals surface area (Å²) in [6.07, 6.45) is 0. The van der Waals surface area contributed by atoms with Gasteiger partial charge < -0.3 is 4.42 Å². The van der Waals surface area contributed by atoms with Crippen LogP contribution >= 0.6 is 0 Å². The highest BCUT2D eigenvalue weighted by atomic mass is 16.3. The highest BCUT2D eigenvalue weighted by molar-refractivity contribution is 6.28. The standard InChI is InChI=1S/C50H30O/c1-2-15-32(16-3-1)46-39-22-10-12-24-41(39)47(42-25-13-11-23-40(42)46)43-29-28-38(36-20-8-9-21-37(36)43)45-30-33-17-5-6-18-34(33)48-44-27-26-31-14-4-7-19-35(31)49(44)51-50(45)48/h1-30H. The van der Waals surface area contributed by atoms with E-state index < -0.39 is 0 Å². The molecule has 0 aliphatic carbocycles. The Morgan fingerprint density at radius 3 is 1.47 bits per heavy atom. The van der Waals surface area contributed by atoms with Crippen molar-refractivity contribution in [3.8, 4) is 33.4 Å². The quantitative estimate of drug-likeness (QED) is 0.174. The molecule has 0 aliphatic rings. The van der Waals surface area contributed by atoms with Gasteiger partial charge in [-0.2, -0.15) is 0 Å². The van der Waals surface area contributed by atoms with Crippen LogP contribution in [0.5, 0.6) is 0 Å². The second kappa shape index (κ2) is 10.9.